The molecule has 0 saturated heterocycles. The van der Waals surface area contributed by atoms with Crippen molar-refractivity contribution in [2.24, 2.45) is 0 Å². The first kappa shape index (κ1) is 14.5. The third-order valence-corrected chi connectivity index (χ3v) is 3.41. The molecule has 0 bridgehead atoms. The van der Waals surface area contributed by atoms with E-state index >= 15 is 0 Å². The average Bonchev–Trinajstić information content (AvgIpc) is 2.84. The molecule has 0 radical (unpaired) electrons. The Bertz CT molecular complexity index is 365. The lowest BCUT2D eigenvalue weighted by molar-refractivity contribution is 0.663. The van der Waals surface area contributed by atoms with E-state index in [-0.39, 0.29) is 0 Å². The summed E-state index contributed by atoms with van der Waals surface area (Å²) in [4.78, 5) is 4.14. The average molecular weight is 268 g/mol. The molecule has 94 valence electrons. The number of nitrogens with zero attached hydrogens (tertiary/aromatic N) is 1. The maximum Gasteiger partial charge on any atom is 0.0812 e. The van der Waals surface area contributed by atoms with Crippen molar-refractivity contribution >= 4 is 34.4 Å². The predicted octanol–water partition coefficient (Wildman–Crippen LogP) is 4.30. The Balaban J connectivity index is 0.000000172. The molecule has 0 unspecified atom stereocenters. The molecule has 2 aromatic rings. The van der Waals surface area contributed by atoms with Crippen LogP contribution >= 0.6 is 24.2 Å². The highest BCUT2D eigenvalue weighted by atomic mass is 32.1. The molecule has 0 saturated carbocycles. The minimum absolute atomic E-state index is 1.04. The molecular formula is C13H20N2S2. The third-order valence-electron chi connectivity index (χ3n) is 2.38. The van der Waals surface area contributed by atoms with Gasteiger partial charge < -0.3 is 0 Å². The second-order valence-electron chi connectivity index (χ2n) is 3.79. The molecule has 0 amide bonds. The van der Waals surface area contributed by atoms with Crippen molar-refractivity contribution in [3.05, 3.63) is 29.8 Å². The number of thiol groups is 1. The molecule has 0 aliphatic carbocycles. The fourth-order valence-corrected chi connectivity index (χ4v) is 2.27. The van der Waals surface area contributed by atoms with Gasteiger partial charge >= 0.3 is 0 Å². The molecule has 17 heavy (non-hydrogen) atoms. The number of unbranched alkanes of at least 4 members (excludes halogenated alkanes) is 3. The van der Waals surface area contributed by atoms with E-state index in [4.69, 9.17) is 0 Å². The summed E-state index contributed by atoms with van der Waals surface area (Å²) in [6.07, 6.45) is 5.27. The van der Waals surface area contributed by atoms with E-state index in [2.05, 4.69) is 35.5 Å². The van der Waals surface area contributed by atoms with Gasteiger partial charge in [0.1, 0.15) is 0 Å². The Morgan fingerprint density at radius 2 is 2.06 bits per heavy atom. The van der Waals surface area contributed by atoms with Gasteiger partial charge in [0.05, 0.1) is 15.7 Å². The normalized spacial score (nSPS) is 10.0. The van der Waals surface area contributed by atoms with Crippen LogP contribution in [-0.4, -0.2) is 11.5 Å². The lowest BCUT2D eigenvalue weighted by Crippen LogP contribution is -1.99. The van der Waals surface area contributed by atoms with Crippen molar-refractivity contribution < 1.29 is 0 Å². The molecule has 0 aliphatic rings. The Morgan fingerprint density at radius 3 is 2.76 bits per heavy atom. The fraction of sp³-hybridized carbons (Fsp3) is 0.462. The maximum atomic E-state index is 4.14. The molecule has 2 rings (SSSR count). The lowest BCUT2D eigenvalue weighted by Gasteiger charge is -1.94. The van der Waals surface area contributed by atoms with Crippen LogP contribution in [0.25, 0.3) is 10.2 Å². The zero-order valence-corrected chi connectivity index (χ0v) is 11.9. The first-order valence-corrected chi connectivity index (χ1v) is 7.36. The molecule has 1 heterocycles. The highest BCUT2D eigenvalue weighted by molar-refractivity contribution is 7.78. The highest BCUT2D eigenvalue weighted by Gasteiger charge is 1.89. The Labute approximate surface area is 113 Å². The molecule has 1 aromatic heterocycles. The fourth-order valence-electron chi connectivity index (χ4n) is 1.43. The maximum absolute atomic E-state index is 4.14. The summed E-state index contributed by atoms with van der Waals surface area (Å²) in [5.41, 5.74) is 2.97. The topological polar surface area (TPSA) is 24.9 Å². The first-order chi connectivity index (χ1) is 8.38. The molecule has 0 aliphatic heterocycles. The van der Waals surface area contributed by atoms with Crippen LogP contribution in [0.5, 0.6) is 0 Å². The van der Waals surface area contributed by atoms with Crippen LogP contribution in [0.3, 0.4) is 0 Å². The monoisotopic (exact) mass is 268 g/mol. The van der Waals surface area contributed by atoms with Crippen molar-refractivity contribution in [3.8, 4) is 0 Å². The summed E-state index contributed by atoms with van der Waals surface area (Å²) in [6, 6.07) is 8.13. The van der Waals surface area contributed by atoms with Crippen molar-refractivity contribution in [2.45, 2.75) is 32.6 Å². The number of hydrogen-bond acceptors (Lipinski definition) is 4. The van der Waals surface area contributed by atoms with E-state index < -0.39 is 0 Å². The minimum Gasteiger partial charge on any atom is -0.267 e. The molecule has 2 nitrogen and oxygen atoms in total. The van der Waals surface area contributed by atoms with E-state index in [1.54, 1.807) is 11.3 Å². The van der Waals surface area contributed by atoms with Gasteiger partial charge in [0.15, 0.2) is 0 Å². The molecule has 1 aromatic carbocycles. The van der Waals surface area contributed by atoms with E-state index in [0.717, 1.165) is 12.1 Å². The number of para-hydroxylation sites is 1. The van der Waals surface area contributed by atoms with Gasteiger partial charge in [-0.15, -0.1) is 11.3 Å². The molecular weight excluding hydrogens is 248 g/mol. The summed E-state index contributed by atoms with van der Waals surface area (Å²) in [7, 11) is 0. The van der Waals surface area contributed by atoms with Gasteiger partial charge in [-0.3, -0.25) is 4.72 Å². The quantitative estimate of drug-likeness (QED) is 0.624. The van der Waals surface area contributed by atoms with Gasteiger partial charge in [-0.25, -0.2) is 4.98 Å². The van der Waals surface area contributed by atoms with Crippen LogP contribution in [0.15, 0.2) is 29.8 Å². The van der Waals surface area contributed by atoms with Gasteiger partial charge in [0.25, 0.3) is 0 Å². The zero-order valence-electron chi connectivity index (χ0n) is 10.2. The Morgan fingerprint density at radius 1 is 1.24 bits per heavy atom. The van der Waals surface area contributed by atoms with E-state index in [0.29, 0.717) is 0 Å². The smallest absolute Gasteiger partial charge is 0.0812 e. The summed E-state index contributed by atoms with van der Waals surface area (Å²) >= 11 is 5.55. The molecule has 1 N–H and O–H groups in total. The van der Waals surface area contributed by atoms with Crippen LogP contribution in [0.2, 0.25) is 0 Å². The number of fused-ring (bicyclic) bond motifs is 1. The van der Waals surface area contributed by atoms with Crippen molar-refractivity contribution in [2.75, 3.05) is 6.54 Å². The second-order valence-corrected chi connectivity index (χ2v) is 4.99. The molecule has 0 spiro atoms. The number of rotatable bonds is 5. The molecule has 0 atom stereocenters. The predicted molar refractivity (Wildman–Crippen MR) is 80.8 cm³/mol. The van der Waals surface area contributed by atoms with Gasteiger partial charge in [-0.1, -0.05) is 51.1 Å². The van der Waals surface area contributed by atoms with Crippen LogP contribution in [0.1, 0.15) is 32.6 Å². The SMILES string of the molecule is CCCCCCNS.c1ccc2scnc2c1. The summed E-state index contributed by atoms with van der Waals surface area (Å²) < 4.78 is 4.08. The van der Waals surface area contributed by atoms with Crippen LogP contribution in [0, 0.1) is 0 Å². The number of hydrogen-bond donors (Lipinski definition) is 2. The third kappa shape index (κ3) is 6.05. The highest BCUT2D eigenvalue weighted by Crippen LogP contribution is 2.15. The van der Waals surface area contributed by atoms with Crippen LogP contribution < -0.4 is 4.72 Å². The standard InChI is InChI=1S/C7H5NS.C6H15NS/c1-2-4-7-6(3-1)8-5-9-7;1-2-3-4-5-6-7-8/h1-5H;7-8H,2-6H2,1H3. The van der Waals surface area contributed by atoms with E-state index in [1.807, 2.05) is 23.7 Å². The van der Waals surface area contributed by atoms with E-state index in [1.165, 1.54) is 30.4 Å². The largest absolute Gasteiger partial charge is 0.267 e. The van der Waals surface area contributed by atoms with Crippen molar-refractivity contribution in [1.82, 2.24) is 9.71 Å². The summed E-state index contributed by atoms with van der Waals surface area (Å²) in [5, 5.41) is 0. The van der Waals surface area contributed by atoms with Crippen LogP contribution in [-0.2, 0) is 0 Å². The Hall–Kier alpha value is -0.580. The van der Waals surface area contributed by atoms with Crippen LogP contribution in [0.4, 0.5) is 0 Å². The first-order valence-electron chi connectivity index (χ1n) is 6.03. The van der Waals surface area contributed by atoms with Gasteiger partial charge in [-0.2, -0.15) is 0 Å². The second kappa shape index (κ2) is 9.45. The molecule has 0 fully saturated rings. The number of thiazole rings is 1. The number of aromatic nitrogens is 1. The molecule has 4 heteroatoms. The summed E-state index contributed by atoms with van der Waals surface area (Å²) in [6.45, 7) is 3.26. The van der Waals surface area contributed by atoms with Crippen molar-refractivity contribution in [3.63, 3.8) is 0 Å². The van der Waals surface area contributed by atoms with Crippen molar-refractivity contribution in [1.29, 1.82) is 0 Å². The van der Waals surface area contributed by atoms with Gasteiger partial charge in [-0.05, 0) is 18.6 Å². The lowest BCUT2D eigenvalue weighted by atomic mass is 10.2. The number of nitrogens with one attached hydrogen (secondary N) is 1. The zero-order chi connectivity index (χ0) is 12.3. The van der Waals surface area contributed by atoms with Gasteiger partial charge in [0, 0.05) is 6.54 Å². The van der Waals surface area contributed by atoms with Gasteiger partial charge in [0.2, 0.25) is 0 Å². The summed E-state index contributed by atoms with van der Waals surface area (Å²) in [5.74, 6) is 0. The van der Waals surface area contributed by atoms with E-state index in [9.17, 15) is 0 Å². The Kier molecular flexibility index (Phi) is 8.05. The minimum atomic E-state index is 1.04. The number of benzene rings is 1.